The van der Waals surface area contributed by atoms with Crippen LogP contribution in [0.2, 0.25) is 0 Å². The molecule has 0 aromatic carbocycles. The molecule has 0 aliphatic carbocycles. The van der Waals surface area contributed by atoms with Crippen LogP contribution in [0, 0.1) is 11.8 Å². The topological polar surface area (TPSA) is 29.3 Å². The van der Waals surface area contributed by atoms with Gasteiger partial charge in [-0.2, -0.15) is 0 Å². The van der Waals surface area contributed by atoms with E-state index >= 15 is 0 Å². The predicted molar refractivity (Wildman–Crippen MR) is 60.1 cm³/mol. The molecule has 4 atom stereocenters. The highest BCUT2D eigenvalue weighted by atomic mass is 15.2. The van der Waals surface area contributed by atoms with Crippen molar-refractivity contribution in [2.75, 3.05) is 13.6 Å². The van der Waals surface area contributed by atoms with Gasteiger partial charge in [0.2, 0.25) is 0 Å². The van der Waals surface area contributed by atoms with E-state index in [1.54, 1.807) is 0 Å². The van der Waals surface area contributed by atoms with E-state index in [1.165, 1.54) is 32.1 Å². The molecule has 2 heterocycles. The molecule has 2 N–H and O–H groups in total. The fourth-order valence-electron chi connectivity index (χ4n) is 3.71. The summed E-state index contributed by atoms with van der Waals surface area (Å²) in [7, 11) is 2.32. The van der Waals surface area contributed by atoms with Crippen molar-refractivity contribution < 1.29 is 0 Å². The van der Waals surface area contributed by atoms with Gasteiger partial charge >= 0.3 is 0 Å². The SMILES string of the molecule is CCCC1C(CN)CC2CCC1N2C. The molecule has 2 aliphatic rings. The molecule has 0 amide bonds. The first-order valence-electron chi connectivity index (χ1n) is 6.20. The Balaban J connectivity index is 2.09. The molecule has 0 spiro atoms. The number of fused-ring (bicyclic) bond motifs is 2. The van der Waals surface area contributed by atoms with E-state index in [0.717, 1.165) is 30.5 Å². The quantitative estimate of drug-likeness (QED) is 0.746. The van der Waals surface area contributed by atoms with Crippen LogP contribution in [0.1, 0.15) is 39.0 Å². The summed E-state index contributed by atoms with van der Waals surface area (Å²) in [6.07, 6.45) is 6.88. The van der Waals surface area contributed by atoms with Crippen molar-refractivity contribution in [3.8, 4) is 0 Å². The molecule has 2 fully saturated rings. The smallest absolute Gasteiger partial charge is 0.0127 e. The monoisotopic (exact) mass is 196 g/mol. The van der Waals surface area contributed by atoms with E-state index in [0.29, 0.717) is 0 Å². The van der Waals surface area contributed by atoms with Gasteiger partial charge in [-0.25, -0.2) is 0 Å². The van der Waals surface area contributed by atoms with Crippen LogP contribution < -0.4 is 5.73 Å². The molecule has 2 rings (SSSR count). The van der Waals surface area contributed by atoms with Crippen molar-refractivity contribution >= 4 is 0 Å². The van der Waals surface area contributed by atoms with E-state index in [4.69, 9.17) is 5.73 Å². The van der Waals surface area contributed by atoms with Crippen LogP contribution >= 0.6 is 0 Å². The highest BCUT2D eigenvalue weighted by Crippen LogP contribution is 2.42. The summed E-state index contributed by atoms with van der Waals surface area (Å²) in [5.74, 6) is 1.69. The highest BCUT2D eigenvalue weighted by molar-refractivity contribution is 4.98. The molecule has 82 valence electrons. The van der Waals surface area contributed by atoms with Crippen LogP contribution in [0.15, 0.2) is 0 Å². The second kappa shape index (κ2) is 4.19. The zero-order valence-corrected chi connectivity index (χ0v) is 9.58. The van der Waals surface area contributed by atoms with Crippen LogP contribution in [0.25, 0.3) is 0 Å². The molecule has 2 saturated heterocycles. The van der Waals surface area contributed by atoms with Gasteiger partial charge in [0.15, 0.2) is 0 Å². The summed E-state index contributed by atoms with van der Waals surface area (Å²) in [5.41, 5.74) is 5.90. The van der Waals surface area contributed by atoms with Crippen LogP contribution in [0.4, 0.5) is 0 Å². The van der Waals surface area contributed by atoms with E-state index in [2.05, 4.69) is 18.9 Å². The average molecular weight is 196 g/mol. The fraction of sp³-hybridized carbons (Fsp3) is 1.00. The summed E-state index contributed by atoms with van der Waals surface area (Å²) in [6.45, 7) is 3.21. The summed E-state index contributed by atoms with van der Waals surface area (Å²) < 4.78 is 0. The fourth-order valence-corrected chi connectivity index (χ4v) is 3.71. The maximum Gasteiger partial charge on any atom is 0.0127 e. The standard InChI is InChI=1S/C12H24N2/c1-3-4-11-9(8-13)7-10-5-6-12(11)14(10)2/h9-12H,3-8,13H2,1-2H3. The molecule has 0 aromatic heterocycles. The number of hydrogen-bond donors (Lipinski definition) is 1. The Morgan fingerprint density at radius 1 is 1.36 bits per heavy atom. The summed E-state index contributed by atoms with van der Waals surface area (Å²) >= 11 is 0. The molecule has 2 nitrogen and oxygen atoms in total. The zero-order valence-electron chi connectivity index (χ0n) is 9.58. The molecular formula is C12H24N2. The molecule has 2 aliphatic heterocycles. The zero-order chi connectivity index (χ0) is 10.1. The molecule has 2 bridgehead atoms. The average Bonchev–Trinajstić information content (AvgIpc) is 2.45. The minimum Gasteiger partial charge on any atom is -0.330 e. The third-order valence-corrected chi connectivity index (χ3v) is 4.49. The molecule has 2 heteroatoms. The molecular weight excluding hydrogens is 172 g/mol. The third kappa shape index (κ3) is 1.59. The maximum atomic E-state index is 5.90. The molecule has 0 radical (unpaired) electrons. The van der Waals surface area contributed by atoms with E-state index < -0.39 is 0 Å². The number of rotatable bonds is 3. The number of hydrogen-bond acceptors (Lipinski definition) is 2. The second-order valence-electron chi connectivity index (χ2n) is 5.15. The summed E-state index contributed by atoms with van der Waals surface area (Å²) in [4.78, 5) is 2.63. The molecule has 0 saturated carbocycles. The Morgan fingerprint density at radius 2 is 2.14 bits per heavy atom. The van der Waals surface area contributed by atoms with Crippen molar-refractivity contribution in [1.82, 2.24) is 4.90 Å². The number of nitrogens with two attached hydrogens (primary N) is 1. The van der Waals surface area contributed by atoms with Gasteiger partial charge in [-0.15, -0.1) is 0 Å². The Hall–Kier alpha value is -0.0800. The van der Waals surface area contributed by atoms with Crippen molar-refractivity contribution in [2.24, 2.45) is 17.6 Å². The molecule has 4 unspecified atom stereocenters. The second-order valence-corrected chi connectivity index (χ2v) is 5.15. The lowest BCUT2D eigenvalue weighted by atomic mass is 9.78. The minimum atomic E-state index is 0.809. The highest BCUT2D eigenvalue weighted by Gasteiger charge is 2.44. The van der Waals surface area contributed by atoms with E-state index in [-0.39, 0.29) is 0 Å². The first-order valence-corrected chi connectivity index (χ1v) is 6.20. The Morgan fingerprint density at radius 3 is 2.79 bits per heavy atom. The summed E-state index contributed by atoms with van der Waals surface area (Å²) in [6, 6.07) is 1.70. The van der Waals surface area contributed by atoms with Crippen LogP contribution in [0.5, 0.6) is 0 Å². The van der Waals surface area contributed by atoms with Crippen LogP contribution in [0.3, 0.4) is 0 Å². The minimum absolute atomic E-state index is 0.809. The summed E-state index contributed by atoms with van der Waals surface area (Å²) in [5, 5.41) is 0. The van der Waals surface area contributed by atoms with Gasteiger partial charge in [0.25, 0.3) is 0 Å². The Labute approximate surface area is 87.8 Å². The van der Waals surface area contributed by atoms with E-state index in [9.17, 15) is 0 Å². The van der Waals surface area contributed by atoms with E-state index in [1.807, 2.05) is 0 Å². The Kier molecular flexibility index (Phi) is 3.13. The van der Waals surface area contributed by atoms with Crippen molar-refractivity contribution in [3.63, 3.8) is 0 Å². The van der Waals surface area contributed by atoms with Gasteiger partial charge < -0.3 is 10.6 Å². The van der Waals surface area contributed by atoms with Gasteiger partial charge in [-0.1, -0.05) is 13.3 Å². The third-order valence-electron chi connectivity index (χ3n) is 4.49. The van der Waals surface area contributed by atoms with Crippen LogP contribution in [-0.2, 0) is 0 Å². The lowest BCUT2D eigenvalue weighted by molar-refractivity contribution is 0.0659. The van der Waals surface area contributed by atoms with Gasteiger partial charge in [0.1, 0.15) is 0 Å². The van der Waals surface area contributed by atoms with Crippen molar-refractivity contribution in [1.29, 1.82) is 0 Å². The largest absolute Gasteiger partial charge is 0.330 e. The van der Waals surface area contributed by atoms with Crippen LogP contribution in [-0.4, -0.2) is 30.6 Å². The lowest BCUT2D eigenvalue weighted by Crippen LogP contribution is -2.48. The van der Waals surface area contributed by atoms with Gasteiger partial charge in [0, 0.05) is 12.1 Å². The lowest BCUT2D eigenvalue weighted by Gasteiger charge is -2.42. The number of piperidine rings is 1. The molecule has 0 aromatic rings. The predicted octanol–water partition coefficient (Wildman–Crippen LogP) is 1.84. The van der Waals surface area contributed by atoms with Gasteiger partial charge in [0.05, 0.1) is 0 Å². The first-order chi connectivity index (χ1) is 6.77. The normalized spacial score (nSPS) is 43.1. The Bertz CT molecular complexity index is 193. The van der Waals surface area contributed by atoms with Crippen molar-refractivity contribution in [3.05, 3.63) is 0 Å². The molecule has 14 heavy (non-hydrogen) atoms. The maximum absolute atomic E-state index is 5.90. The van der Waals surface area contributed by atoms with Gasteiger partial charge in [-0.05, 0) is 51.1 Å². The van der Waals surface area contributed by atoms with Gasteiger partial charge in [-0.3, -0.25) is 0 Å². The van der Waals surface area contributed by atoms with Crippen molar-refractivity contribution in [2.45, 2.75) is 51.1 Å². The first kappa shape index (κ1) is 10.4. The number of nitrogens with zero attached hydrogens (tertiary/aromatic N) is 1.